The van der Waals surface area contributed by atoms with Crippen LogP contribution < -0.4 is 45.4 Å². The number of aromatic nitrogens is 3. The molecule has 17 nitrogen and oxygen atoms in total. The number of piperidine rings is 2. The third kappa shape index (κ3) is 10.6. The van der Waals surface area contributed by atoms with Gasteiger partial charge < -0.3 is 44.3 Å². The van der Waals surface area contributed by atoms with Crippen LogP contribution in [0.15, 0.2) is 65.3 Å². The van der Waals surface area contributed by atoms with Crippen molar-refractivity contribution in [1.82, 2.24) is 30.1 Å². The lowest BCUT2D eigenvalue weighted by Crippen LogP contribution is -2.57. The van der Waals surface area contributed by atoms with Crippen molar-refractivity contribution in [1.29, 1.82) is 0 Å². The van der Waals surface area contributed by atoms with Gasteiger partial charge in [-0.15, -0.1) is 0 Å². The Morgan fingerprint density at radius 1 is 0.914 bits per heavy atom. The van der Waals surface area contributed by atoms with E-state index in [0.29, 0.717) is 64.0 Å². The van der Waals surface area contributed by atoms with Crippen molar-refractivity contribution < 1.29 is 28.4 Å². The van der Waals surface area contributed by atoms with Crippen LogP contribution >= 0.6 is 23.1 Å². The molecule has 0 spiro atoms. The molecule has 4 aliphatic rings. The van der Waals surface area contributed by atoms with Crippen LogP contribution in [0.3, 0.4) is 0 Å². The number of anilines is 7. The molecule has 2 aromatic heterocycles. The standard InChI is InChI=1S/C51H63BrN11O6P/c1-7-34-24-41(56-51-53-27-38(52)49(58-51)55-40-12-11-39-37(10-8-32(2)54-39)48(40)70(5,6)67)45(68-4)26-44(34)62-18-16-35(17-19-62)61-22-20-60(21-23-61)28-33-29-63(30-33)36-9-13-42(46(25-36)69-31-64)59(3)43-14-15-47(65)57-50(43)66/h8-13,24-27,31,33,35,43H,7,14-23,28-30H2,1-6H3,(H,57,65,66)(H2,53,55,56,58). The molecule has 4 saturated heterocycles. The van der Waals surface area contributed by atoms with Gasteiger partial charge in [0.15, 0.2) is 5.75 Å². The van der Waals surface area contributed by atoms with E-state index in [1.165, 1.54) is 11.3 Å². The third-order valence-electron chi connectivity index (χ3n) is 14.3. The summed E-state index contributed by atoms with van der Waals surface area (Å²) >= 11 is 3.63. The molecule has 9 rings (SSSR count). The Kier molecular flexibility index (Phi) is 14.7. The minimum atomic E-state index is -2.73. The van der Waals surface area contributed by atoms with Crippen molar-refractivity contribution in [3.05, 3.63) is 76.5 Å². The molecular formula is C51H63BrN11O6P. The fourth-order valence-corrected chi connectivity index (χ4v) is 12.4. The van der Waals surface area contributed by atoms with Crippen molar-refractivity contribution in [2.75, 3.05) is 112 Å². The molecule has 1 atom stereocenters. The van der Waals surface area contributed by atoms with E-state index in [2.05, 4.69) is 80.5 Å². The molecule has 0 saturated carbocycles. The maximum absolute atomic E-state index is 13.7. The van der Waals surface area contributed by atoms with Gasteiger partial charge in [-0.3, -0.25) is 29.6 Å². The minimum absolute atomic E-state index is 0.267. The van der Waals surface area contributed by atoms with Crippen molar-refractivity contribution in [2.24, 2.45) is 5.92 Å². The minimum Gasteiger partial charge on any atom is -0.494 e. The normalized spacial score (nSPS) is 18.6. The highest BCUT2D eigenvalue weighted by Gasteiger charge is 2.35. The number of nitrogens with one attached hydrogen (secondary N) is 3. The number of carbonyl (C=O) groups excluding carboxylic acids is 3. The van der Waals surface area contributed by atoms with Crippen LogP contribution in [0.2, 0.25) is 0 Å². The number of methoxy groups -OCH3 is 1. The topological polar surface area (TPSA) is 178 Å². The zero-order valence-electron chi connectivity index (χ0n) is 40.8. The Bertz CT molecular complexity index is 2820. The molecule has 70 heavy (non-hydrogen) atoms. The molecule has 4 fully saturated rings. The molecule has 19 heteroatoms. The summed E-state index contributed by atoms with van der Waals surface area (Å²) in [4.78, 5) is 61.7. The van der Waals surface area contributed by atoms with Crippen LogP contribution in [0, 0.1) is 12.8 Å². The van der Waals surface area contributed by atoms with Crippen LogP contribution in [0.5, 0.6) is 11.5 Å². The fraction of sp³-hybridized carbons (Fsp3) is 0.451. The summed E-state index contributed by atoms with van der Waals surface area (Å²) in [5.74, 6) is 1.98. The molecule has 0 bridgehead atoms. The number of nitrogens with zero attached hydrogens (tertiary/aromatic N) is 8. The maximum atomic E-state index is 13.7. The van der Waals surface area contributed by atoms with Gasteiger partial charge in [0.2, 0.25) is 17.8 Å². The lowest BCUT2D eigenvalue weighted by molar-refractivity contribution is -0.134. The van der Waals surface area contributed by atoms with E-state index >= 15 is 0 Å². The zero-order valence-corrected chi connectivity index (χ0v) is 43.3. The molecule has 2 amide bonds. The number of imide groups is 1. The summed E-state index contributed by atoms with van der Waals surface area (Å²) in [5, 5.41) is 10.9. The SMILES string of the molecule is CCc1cc(Nc2ncc(Br)c(Nc3ccc4nc(C)ccc4c3P(C)(C)=O)n2)c(OC)cc1N1CCC(N2CCN(CC3CN(c4ccc(N(C)C5CCC(=O)NC5=O)c(OC=O)c4)C3)CC2)CC1. The Morgan fingerprint density at radius 3 is 2.39 bits per heavy atom. The quantitative estimate of drug-likeness (QED) is 0.0528. The summed E-state index contributed by atoms with van der Waals surface area (Å²) < 4.78 is 25.7. The Hall–Kier alpha value is -5.81. The molecule has 3 aromatic carbocycles. The summed E-state index contributed by atoms with van der Waals surface area (Å²) in [7, 11) is 0.746. The second-order valence-corrected chi connectivity index (χ2v) is 23.3. The highest BCUT2D eigenvalue weighted by Crippen LogP contribution is 2.43. The highest BCUT2D eigenvalue weighted by molar-refractivity contribution is 9.10. The summed E-state index contributed by atoms with van der Waals surface area (Å²) in [6.45, 7) is 17.2. The van der Waals surface area contributed by atoms with Gasteiger partial charge in [-0.1, -0.05) is 13.0 Å². The van der Waals surface area contributed by atoms with Crippen LogP contribution in [0.25, 0.3) is 10.9 Å². The van der Waals surface area contributed by atoms with Crippen molar-refractivity contribution in [3.63, 3.8) is 0 Å². The molecule has 0 aliphatic carbocycles. The molecule has 6 heterocycles. The largest absolute Gasteiger partial charge is 0.494 e. The summed E-state index contributed by atoms with van der Waals surface area (Å²) in [6, 6.07) is 17.9. The number of aryl methyl sites for hydroxylation is 2. The molecule has 3 N–H and O–H groups in total. The van der Waals surface area contributed by atoms with Gasteiger partial charge in [-0.25, -0.2) is 4.98 Å². The maximum Gasteiger partial charge on any atom is 0.298 e. The highest BCUT2D eigenvalue weighted by atomic mass is 79.9. The molecule has 0 radical (unpaired) electrons. The van der Waals surface area contributed by atoms with Gasteiger partial charge in [0.1, 0.15) is 24.8 Å². The van der Waals surface area contributed by atoms with Crippen LogP contribution in [-0.4, -0.2) is 142 Å². The number of halogens is 1. The predicted molar refractivity (Wildman–Crippen MR) is 281 cm³/mol. The van der Waals surface area contributed by atoms with E-state index < -0.39 is 13.2 Å². The number of rotatable bonds is 16. The van der Waals surface area contributed by atoms with Gasteiger partial charge in [0.05, 0.1) is 34.2 Å². The molecule has 5 aromatic rings. The van der Waals surface area contributed by atoms with Gasteiger partial charge in [0.25, 0.3) is 6.47 Å². The lowest BCUT2D eigenvalue weighted by Gasteiger charge is -2.47. The smallest absolute Gasteiger partial charge is 0.298 e. The Morgan fingerprint density at radius 2 is 1.69 bits per heavy atom. The second-order valence-electron chi connectivity index (χ2n) is 19.3. The number of benzene rings is 3. The molecule has 370 valence electrons. The van der Waals surface area contributed by atoms with Crippen LogP contribution in [0.4, 0.5) is 40.2 Å². The first-order valence-corrected chi connectivity index (χ1v) is 27.6. The first-order valence-electron chi connectivity index (χ1n) is 24.2. The van der Waals surface area contributed by atoms with E-state index in [0.717, 1.165) is 111 Å². The van der Waals surface area contributed by atoms with E-state index in [4.69, 9.17) is 14.5 Å². The number of hydrogen-bond acceptors (Lipinski definition) is 16. The molecule has 4 aliphatic heterocycles. The van der Waals surface area contributed by atoms with Gasteiger partial charge in [-0.05, 0) is 104 Å². The van der Waals surface area contributed by atoms with E-state index in [1.807, 2.05) is 49.4 Å². The summed E-state index contributed by atoms with van der Waals surface area (Å²) in [5.41, 5.74) is 7.22. The Balaban J connectivity index is 0.771. The van der Waals surface area contributed by atoms with Crippen molar-refractivity contribution in [2.45, 2.75) is 58.0 Å². The fourth-order valence-electron chi connectivity index (χ4n) is 10.6. The average Bonchev–Trinajstić information content (AvgIpc) is 3.33. The lowest BCUT2D eigenvalue weighted by atomic mass is 9.97. The molecule has 1 unspecified atom stereocenters. The number of carbonyl (C=O) groups is 3. The number of piperazine rings is 1. The van der Waals surface area contributed by atoms with E-state index in [9.17, 15) is 18.9 Å². The number of amides is 2. The van der Waals surface area contributed by atoms with Crippen LogP contribution in [0.1, 0.15) is 43.9 Å². The van der Waals surface area contributed by atoms with Crippen LogP contribution in [-0.2, 0) is 25.4 Å². The number of likely N-dealkylation sites (N-methyl/N-ethyl adjacent to an activating group) is 1. The van der Waals surface area contributed by atoms with Gasteiger partial charge in [0, 0.05) is 130 Å². The zero-order chi connectivity index (χ0) is 49.3. The molecular weight excluding hydrogens is 974 g/mol. The van der Waals surface area contributed by atoms with Crippen molar-refractivity contribution in [3.8, 4) is 11.5 Å². The average molecular weight is 1040 g/mol. The number of pyridine rings is 1. The van der Waals surface area contributed by atoms with E-state index in [-0.39, 0.29) is 18.2 Å². The second kappa shape index (κ2) is 20.9. The Labute approximate surface area is 418 Å². The van der Waals surface area contributed by atoms with Gasteiger partial charge in [-0.2, -0.15) is 4.98 Å². The number of hydrogen-bond donors (Lipinski definition) is 3. The predicted octanol–water partition coefficient (Wildman–Crippen LogP) is 6.90. The number of fused-ring (bicyclic) bond motifs is 1. The third-order valence-corrected chi connectivity index (χ3v) is 16.4. The first-order chi connectivity index (χ1) is 33.7. The first kappa shape index (κ1) is 49.2. The monoisotopic (exact) mass is 1040 g/mol. The van der Waals surface area contributed by atoms with Gasteiger partial charge >= 0.3 is 0 Å². The van der Waals surface area contributed by atoms with Crippen molar-refractivity contribution >= 4 is 97.8 Å². The number of ether oxygens (including phenoxy) is 2. The summed E-state index contributed by atoms with van der Waals surface area (Å²) in [6.07, 6.45) is 5.43. The van der Waals surface area contributed by atoms with E-state index in [1.54, 1.807) is 38.6 Å².